The smallest absolute Gasteiger partial charge is 0.229 e. The predicted molar refractivity (Wildman–Crippen MR) is 123 cm³/mol. The molecule has 13 nitrogen and oxygen atoms in total. The maximum absolute atomic E-state index is 13.0. The van der Waals surface area contributed by atoms with E-state index < -0.39 is 67.3 Å². The number of benzene rings is 2. The van der Waals surface area contributed by atoms with Crippen molar-refractivity contribution >= 4 is 21.9 Å². The van der Waals surface area contributed by atoms with E-state index in [-0.39, 0.29) is 40.0 Å². The monoisotopic (exact) mass is 522 g/mol. The quantitative estimate of drug-likeness (QED) is 0.180. The van der Waals surface area contributed by atoms with Crippen LogP contribution in [0.4, 0.5) is 0 Å². The largest absolute Gasteiger partial charge is 0.507 e. The second-order valence-corrected chi connectivity index (χ2v) is 9.09. The highest BCUT2D eigenvalue weighted by molar-refractivity contribution is 5.93. The van der Waals surface area contributed by atoms with Crippen molar-refractivity contribution in [2.75, 3.05) is 19.8 Å². The Morgan fingerprint density at radius 1 is 1.00 bits per heavy atom. The van der Waals surface area contributed by atoms with E-state index in [1.54, 1.807) is 6.07 Å². The van der Waals surface area contributed by atoms with E-state index in [1.807, 2.05) is 0 Å². The van der Waals surface area contributed by atoms with Gasteiger partial charge in [-0.3, -0.25) is 4.79 Å². The molecule has 5 rings (SSSR count). The van der Waals surface area contributed by atoms with Gasteiger partial charge in [0.1, 0.15) is 64.2 Å². The first-order valence-corrected chi connectivity index (χ1v) is 11.4. The number of phenolic OH excluding ortho intramolecular Hbond substituents is 1. The SMILES string of the molecule is O=c1c2cc(O[C@@H]3O[C@H](CO[C@@H]4OC[C@@](O)(CO)[C@H]4O)[C@H](O)[C@@H](O)[C@H]3O)ccc2oc2cccc(O)c12. The summed E-state index contributed by atoms with van der Waals surface area (Å²) in [5.74, 6) is -0.191. The minimum atomic E-state index is -1.91. The Morgan fingerprint density at radius 2 is 1.78 bits per heavy atom. The van der Waals surface area contributed by atoms with E-state index >= 15 is 0 Å². The lowest BCUT2D eigenvalue weighted by atomic mass is 9.99. The van der Waals surface area contributed by atoms with Gasteiger partial charge in [0.15, 0.2) is 6.29 Å². The van der Waals surface area contributed by atoms with Gasteiger partial charge in [0.05, 0.1) is 25.2 Å². The van der Waals surface area contributed by atoms with Crippen LogP contribution in [0.15, 0.2) is 45.6 Å². The lowest BCUT2D eigenvalue weighted by Crippen LogP contribution is -2.60. The predicted octanol–water partition coefficient (Wildman–Crippen LogP) is -1.70. The molecule has 0 bridgehead atoms. The van der Waals surface area contributed by atoms with Crippen LogP contribution in [0.1, 0.15) is 0 Å². The number of ether oxygens (including phenoxy) is 4. The molecule has 0 radical (unpaired) electrons. The summed E-state index contributed by atoms with van der Waals surface area (Å²) in [5.41, 5.74) is -2.00. The summed E-state index contributed by atoms with van der Waals surface area (Å²) in [5, 5.41) is 70.7. The van der Waals surface area contributed by atoms with Crippen molar-refractivity contribution in [3.05, 3.63) is 46.6 Å². The summed E-state index contributed by atoms with van der Waals surface area (Å²) in [6.45, 7) is -1.60. The molecule has 3 heterocycles. The van der Waals surface area contributed by atoms with Gasteiger partial charge in [0.25, 0.3) is 0 Å². The minimum absolute atomic E-state index is 0.0127. The first-order chi connectivity index (χ1) is 17.6. The number of phenols is 1. The average Bonchev–Trinajstić information content (AvgIpc) is 3.18. The van der Waals surface area contributed by atoms with Gasteiger partial charge in [0, 0.05) is 0 Å². The number of aliphatic hydroxyl groups excluding tert-OH is 5. The highest BCUT2D eigenvalue weighted by Crippen LogP contribution is 2.30. The Morgan fingerprint density at radius 3 is 2.51 bits per heavy atom. The van der Waals surface area contributed by atoms with Crippen molar-refractivity contribution in [3.8, 4) is 11.5 Å². The Hall–Kier alpha value is -2.85. The Labute approximate surface area is 208 Å². The third kappa shape index (κ3) is 4.54. The molecule has 2 saturated heterocycles. The summed E-state index contributed by atoms with van der Waals surface area (Å²) < 4.78 is 27.5. The number of rotatable bonds is 6. The third-order valence-corrected chi connectivity index (χ3v) is 6.57. The Kier molecular flexibility index (Phi) is 6.83. The van der Waals surface area contributed by atoms with Crippen molar-refractivity contribution in [2.45, 2.75) is 48.7 Å². The molecule has 1 aromatic heterocycles. The second kappa shape index (κ2) is 9.79. The van der Waals surface area contributed by atoms with Gasteiger partial charge >= 0.3 is 0 Å². The molecule has 8 atom stereocenters. The first kappa shape index (κ1) is 25.8. The molecule has 0 aliphatic carbocycles. The number of fused-ring (bicyclic) bond motifs is 2. The normalized spacial score (nSPS) is 34.3. The van der Waals surface area contributed by atoms with E-state index in [1.165, 1.54) is 30.3 Å². The van der Waals surface area contributed by atoms with Gasteiger partial charge in [-0.2, -0.15) is 0 Å². The average molecular weight is 522 g/mol. The highest BCUT2D eigenvalue weighted by atomic mass is 16.7. The van der Waals surface area contributed by atoms with Gasteiger partial charge in [-0.25, -0.2) is 0 Å². The van der Waals surface area contributed by atoms with E-state index in [4.69, 9.17) is 23.4 Å². The van der Waals surface area contributed by atoms with Crippen molar-refractivity contribution in [1.29, 1.82) is 0 Å². The molecule has 0 amide bonds. The zero-order valence-electron chi connectivity index (χ0n) is 19.2. The van der Waals surface area contributed by atoms with Gasteiger partial charge in [-0.15, -0.1) is 0 Å². The molecule has 13 heteroatoms. The minimum Gasteiger partial charge on any atom is -0.507 e. The van der Waals surface area contributed by atoms with Gasteiger partial charge in [-0.05, 0) is 30.3 Å². The summed E-state index contributed by atoms with van der Waals surface area (Å²) in [7, 11) is 0. The van der Waals surface area contributed by atoms with Crippen LogP contribution in [0.2, 0.25) is 0 Å². The number of aliphatic hydroxyl groups is 6. The van der Waals surface area contributed by atoms with E-state index in [0.29, 0.717) is 0 Å². The number of hydrogen-bond donors (Lipinski definition) is 7. The summed E-state index contributed by atoms with van der Waals surface area (Å²) >= 11 is 0. The van der Waals surface area contributed by atoms with Crippen LogP contribution in [0.3, 0.4) is 0 Å². The Bertz CT molecular complexity index is 1340. The van der Waals surface area contributed by atoms with Crippen molar-refractivity contribution < 1.29 is 59.1 Å². The molecule has 0 saturated carbocycles. The Balaban J connectivity index is 1.34. The molecule has 37 heavy (non-hydrogen) atoms. The molecule has 200 valence electrons. The molecule has 0 unspecified atom stereocenters. The first-order valence-electron chi connectivity index (χ1n) is 11.4. The van der Waals surface area contributed by atoms with Gasteiger partial charge in [-0.1, -0.05) is 6.07 Å². The van der Waals surface area contributed by atoms with Crippen LogP contribution in [-0.4, -0.2) is 104 Å². The fourth-order valence-corrected chi connectivity index (χ4v) is 4.34. The standard InChI is InChI=1S/C24H26O13/c25-8-24(32)9-34-23(21(24)31)33-7-15-18(28)19(29)20(30)22(37-15)35-10-4-5-13-11(6-10)17(27)16-12(26)2-1-3-14(16)36-13/h1-6,15,18-23,25-26,28-32H,7-9H2/t15-,18+,19-,20-,21+,22-,23-,24+/m1/s1. The van der Waals surface area contributed by atoms with E-state index in [9.17, 15) is 40.5 Å². The zero-order chi connectivity index (χ0) is 26.5. The molecule has 3 aromatic rings. The zero-order valence-corrected chi connectivity index (χ0v) is 19.2. The molecule has 2 aliphatic rings. The molecule has 0 spiro atoms. The van der Waals surface area contributed by atoms with E-state index in [2.05, 4.69) is 0 Å². The molecule has 2 aliphatic heterocycles. The van der Waals surface area contributed by atoms with Gasteiger partial charge in [0.2, 0.25) is 11.7 Å². The highest BCUT2D eigenvalue weighted by Gasteiger charge is 2.50. The topological polar surface area (TPSA) is 209 Å². The third-order valence-electron chi connectivity index (χ3n) is 6.57. The van der Waals surface area contributed by atoms with Crippen molar-refractivity contribution in [1.82, 2.24) is 0 Å². The fourth-order valence-electron chi connectivity index (χ4n) is 4.34. The number of hydrogen-bond acceptors (Lipinski definition) is 13. The van der Waals surface area contributed by atoms with Gasteiger partial charge < -0.3 is 59.1 Å². The van der Waals surface area contributed by atoms with Crippen LogP contribution in [0.25, 0.3) is 21.9 Å². The van der Waals surface area contributed by atoms with Crippen LogP contribution < -0.4 is 10.2 Å². The maximum Gasteiger partial charge on any atom is 0.229 e. The van der Waals surface area contributed by atoms with Crippen LogP contribution in [-0.2, 0) is 14.2 Å². The second-order valence-electron chi connectivity index (χ2n) is 9.09. The summed E-state index contributed by atoms with van der Waals surface area (Å²) in [6, 6.07) is 8.66. The lowest BCUT2D eigenvalue weighted by molar-refractivity contribution is -0.289. The summed E-state index contributed by atoms with van der Waals surface area (Å²) in [4.78, 5) is 13.0. The van der Waals surface area contributed by atoms with Crippen LogP contribution >= 0.6 is 0 Å². The maximum atomic E-state index is 13.0. The van der Waals surface area contributed by atoms with Crippen molar-refractivity contribution in [3.63, 3.8) is 0 Å². The molecule has 2 aromatic carbocycles. The molecule has 7 N–H and O–H groups in total. The van der Waals surface area contributed by atoms with Crippen molar-refractivity contribution in [2.24, 2.45) is 0 Å². The molecule has 2 fully saturated rings. The molecular formula is C24H26O13. The van der Waals surface area contributed by atoms with E-state index in [0.717, 1.165) is 0 Å². The number of aromatic hydroxyl groups is 1. The van der Waals surface area contributed by atoms with Crippen LogP contribution in [0.5, 0.6) is 11.5 Å². The van der Waals surface area contributed by atoms with Crippen LogP contribution in [0, 0.1) is 0 Å². The fraction of sp³-hybridized carbons (Fsp3) is 0.458. The lowest BCUT2D eigenvalue weighted by Gasteiger charge is -2.40. The molecular weight excluding hydrogens is 496 g/mol. The summed E-state index contributed by atoms with van der Waals surface area (Å²) in [6.07, 6.45) is -10.7.